The fourth-order valence-electron chi connectivity index (χ4n) is 3.47. The molecule has 1 heterocycles. The molecule has 3 heteroatoms. The Morgan fingerprint density at radius 3 is 2.16 bits per heavy atom. The van der Waals surface area contributed by atoms with E-state index in [-0.39, 0.29) is 0 Å². The molecule has 1 aromatic heterocycles. The van der Waals surface area contributed by atoms with Gasteiger partial charge >= 0.3 is 0 Å². The van der Waals surface area contributed by atoms with E-state index >= 15 is 0 Å². The molecule has 0 saturated heterocycles. The van der Waals surface area contributed by atoms with Crippen LogP contribution in [0.15, 0.2) is 72.8 Å². The zero-order valence-corrected chi connectivity index (χ0v) is 14.3. The molecular weight excluding hydrogens is 308 g/mol. The van der Waals surface area contributed by atoms with Crippen molar-refractivity contribution in [2.75, 3.05) is 11.9 Å². The topological polar surface area (TPSA) is 37.2 Å². The Bertz CT molecular complexity index is 966. The van der Waals surface area contributed by atoms with Crippen molar-refractivity contribution in [2.24, 2.45) is 0 Å². The predicted octanol–water partition coefficient (Wildman–Crippen LogP) is 4.58. The summed E-state index contributed by atoms with van der Waals surface area (Å²) in [6.07, 6.45) is -0.472. The Morgan fingerprint density at radius 1 is 0.880 bits per heavy atom. The average Bonchev–Trinajstić information content (AvgIpc) is 2.95. The van der Waals surface area contributed by atoms with Crippen molar-refractivity contribution in [2.45, 2.75) is 19.6 Å². The third-order valence-electron chi connectivity index (χ3n) is 4.63. The van der Waals surface area contributed by atoms with E-state index in [4.69, 9.17) is 0 Å². The van der Waals surface area contributed by atoms with E-state index < -0.39 is 6.10 Å². The molecule has 3 aromatic carbocycles. The van der Waals surface area contributed by atoms with Gasteiger partial charge in [0.2, 0.25) is 0 Å². The van der Waals surface area contributed by atoms with E-state index in [0.717, 1.165) is 5.69 Å². The number of para-hydroxylation sites is 2. The first-order valence-corrected chi connectivity index (χ1v) is 8.67. The summed E-state index contributed by atoms with van der Waals surface area (Å²) in [5.41, 5.74) is 4.58. The molecule has 0 fully saturated rings. The molecule has 0 spiro atoms. The number of nitrogens with one attached hydrogen (secondary N) is 1. The Hall–Kier alpha value is -2.78. The van der Waals surface area contributed by atoms with Gasteiger partial charge in [-0.1, -0.05) is 48.5 Å². The van der Waals surface area contributed by atoms with E-state index in [1.165, 1.54) is 27.4 Å². The molecule has 0 unspecified atom stereocenters. The van der Waals surface area contributed by atoms with Crippen LogP contribution < -0.4 is 5.32 Å². The van der Waals surface area contributed by atoms with Crippen LogP contribution in [-0.2, 0) is 6.54 Å². The van der Waals surface area contributed by atoms with Gasteiger partial charge in [0.15, 0.2) is 0 Å². The van der Waals surface area contributed by atoms with Crippen LogP contribution in [0.1, 0.15) is 5.56 Å². The van der Waals surface area contributed by atoms with Gasteiger partial charge < -0.3 is 15.0 Å². The number of anilines is 1. The Balaban J connectivity index is 1.59. The van der Waals surface area contributed by atoms with Crippen molar-refractivity contribution >= 4 is 27.5 Å². The molecule has 0 bridgehead atoms. The molecule has 4 aromatic rings. The minimum Gasteiger partial charge on any atom is -0.389 e. The smallest absolute Gasteiger partial charge is 0.0891 e. The van der Waals surface area contributed by atoms with Gasteiger partial charge in [-0.25, -0.2) is 0 Å². The van der Waals surface area contributed by atoms with Gasteiger partial charge in [-0.3, -0.25) is 0 Å². The molecule has 1 atom stereocenters. The molecule has 25 heavy (non-hydrogen) atoms. The average molecular weight is 330 g/mol. The highest BCUT2D eigenvalue weighted by Gasteiger charge is 2.13. The maximum atomic E-state index is 10.6. The van der Waals surface area contributed by atoms with Crippen molar-refractivity contribution in [3.8, 4) is 0 Å². The summed E-state index contributed by atoms with van der Waals surface area (Å²) in [6.45, 7) is 3.15. The first-order chi connectivity index (χ1) is 12.2. The lowest BCUT2D eigenvalue weighted by molar-refractivity contribution is 0.169. The molecule has 0 saturated carbocycles. The second kappa shape index (κ2) is 6.61. The van der Waals surface area contributed by atoms with E-state index in [0.29, 0.717) is 13.1 Å². The summed E-state index contributed by atoms with van der Waals surface area (Å²) in [4.78, 5) is 0. The molecule has 126 valence electrons. The summed E-state index contributed by atoms with van der Waals surface area (Å²) >= 11 is 0. The van der Waals surface area contributed by atoms with Gasteiger partial charge in [0, 0.05) is 34.0 Å². The first kappa shape index (κ1) is 15.7. The van der Waals surface area contributed by atoms with Crippen LogP contribution in [-0.4, -0.2) is 22.3 Å². The van der Waals surface area contributed by atoms with Gasteiger partial charge in [-0.15, -0.1) is 0 Å². The summed E-state index contributed by atoms with van der Waals surface area (Å²) in [7, 11) is 0. The van der Waals surface area contributed by atoms with Gasteiger partial charge in [-0.05, 0) is 36.8 Å². The molecular formula is C22H22N2O. The van der Waals surface area contributed by atoms with Gasteiger partial charge in [0.05, 0.1) is 12.6 Å². The third kappa shape index (κ3) is 3.11. The van der Waals surface area contributed by atoms with E-state index in [9.17, 15) is 5.11 Å². The second-order valence-electron chi connectivity index (χ2n) is 6.55. The first-order valence-electron chi connectivity index (χ1n) is 8.67. The van der Waals surface area contributed by atoms with Crippen LogP contribution in [0, 0.1) is 6.92 Å². The van der Waals surface area contributed by atoms with Crippen LogP contribution in [0.25, 0.3) is 21.8 Å². The maximum Gasteiger partial charge on any atom is 0.0891 e. The highest BCUT2D eigenvalue weighted by Crippen LogP contribution is 2.28. The Labute approximate surface area is 147 Å². The van der Waals surface area contributed by atoms with Crippen molar-refractivity contribution in [3.63, 3.8) is 0 Å². The summed E-state index contributed by atoms with van der Waals surface area (Å²) in [6, 6.07) is 25.0. The highest BCUT2D eigenvalue weighted by molar-refractivity contribution is 6.07. The number of aryl methyl sites for hydroxylation is 1. The Morgan fingerprint density at radius 2 is 1.52 bits per heavy atom. The van der Waals surface area contributed by atoms with E-state index in [1.54, 1.807) is 0 Å². The molecule has 0 aliphatic rings. The van der Waals surface area contributed by atoms with Crippen LogP contribution in [0.4, 0.5) is 5.69 Å². The molecule has 0 radical (unpaired) electrons. The van der Waals surface area contributed by atoms with Gasteiger partial charge in [0.1, 0.15) is 0 Å². The third-order valence-corrected chi connectivity index (χ3v) is 4.63. The lowest BCUT2D eigenvalue weighted by Gasteiger charge is -2.16. The number of aromatic nitrogens is 1. The number of rotatable bonds is 5. The zero-order valence-electron chi connectivity index (χ0n) is 14.3. The standard InChI is InChI=1S/C22H22N2O/c1-16-7-6-8-17(13-16)23-14-18(25)15-24-21-11-4-2-9-19(21)20-10-3-5-12-22(20)24/h2-13,18,23,25H,14-15H2,1H3/t18-/m0/s1. The fourth-order valence-corrected chi connectivity index (χ4v) is 3.47. The van der Waals surface area contributed by atoms with Gasteiger partial charge in [-0.2, -0.15) is 0 Å². The van der Waals surface area contributed by atoms with Crippen LogP contribution in [0.2, 0.25) is 0 Å². The molecule has 2 N–H and O–H groups in total. The van der Waals surface area contributed by atoms with Gasteiger partial charge in [0.25, 0.3) is 0 Å². The van der Waals surface area contributed by atoms with Crippen molar-refractivity contribution in [3.05, 3.63) is 78.4 Å². The lowest BCUT2D eigenvalue weighted by Crippen LogP contribution is -2.24. The normalized spacial score (nSPS) is 12.6. The van der Waals surface area contributed by atoms with E-state index in [1.807, 2.05) is 12.1 Å². The quantitative estimate of drug-likeness (QED) is 0.562. The predicted molar refractivity (Wildman–Crippen MR) is 105 cm³/mol. The molecule has 0 aliphatic carbocycles. The zero-order chi connectivity index (χ0) is 17.2. The summed E-state index contributed by atoms with van der Waals surface area (Å²) in [5, 5.41) is 16.4. The number of aliphatic hydroxyl groups excluding tert-OH is 1. The molecule has 4 rings (SSSR count). The summed E-state index contributed by atoms with van der Waals surface area (Å²) < 4.78 is 2.22. The van der Waals surface area contributed by atoms with Crippen LogP contribution in [0.3, 0.4) is 0 Å². The minimum atomic E-state index is -0.472. The number of fused-ring (bicyclic) bond motifs is 3. The van der Waals surface area contributed by atoms with Crippen LogP contribution in [0.5, 0.6) is 0 Å². The number of hydrogen-bond acceptors (Lipinski definition) is 2. The molecule has 0 aliphatic heterocycles. The minimum absolute atomic E-state index is 0.472. The Kier molecular flexibility index (Phi) is 4.16. The SMILES string of the molecule is Cc1cccc(NC[C@H](O)Cn2c3ccccc3c3ccccc32)c1. The van der Waals surface area contributed by atoms with Crippen molar-refractivity contribution in [1.29, 1.82) is 0 Å². The van der Waals surface area contributed by atoms with Crippen LogP contribution >= 0.6 is 0 Å². The largest absolute Gasteiger partial charge is 0.389 e. The summed E-state index contributed by atoms with van der Waals surface area (Å²) in [5.74, 6) is 0. The highest BCUT2D eigenvalue weighted by atomic mass is 16.3. The van der Waals surface area contributed by atoms with Crippen molar-refractivity contribution in [1.82, 2.24) is 4.57 Å². The fraction of sp³-hybridized carbons (Fsp3) is 0.182. The monoisotopic (exact) mass is 330 g/mol. The number of aliphatic hydroxyl groups is 1. The second-order valence-corrected chi connectivity index (χ2v) is 6.55. The number of benzene rings is 3. The number of nitrogens with zero attached hydrogens (tertiary/aromatic N) is 1. The lowest BCUT2D eigenvalue weighted by atomic mass is 10.2. The maximum absolute atomic E-state index is 10.6. The molecule has 0 amide bonds. The number of hydrogen-bond donors (Lipinski definition) is 2. The van der Waals surface area contributed by atoms with Crippen molar-refractivity contribution < 1.29 is 5.11 Å². The van der Waals surface area contributed by atoms with E-state index in [2.05, 4.69) is 77.5 Å². The molecule has 3 nitrogen and oxygen atoms in total.